The normalized spacial score (nSPS) is 10.1. The van der Waals surface area contributed by atoms with E-state index in [0.29, 0.717) is 29.4 Å². The maximum Gasteiger partial charge on any atom is 0.340 e. The second-order valence-corrected chi connectivity index (χ2v) is 3.56. The molecular weight excluding hydrogens is 218 g/mol. The molecule has 0 radical (unpaired) electrons. The van der Waals surface area contributed by atoms with Crippen molar-refractivity contribution in [3.05, 3.63) is 29.6 Å². The van der Waals surface area contributed by atoms with E-state index in [9.17, 15) is 4.79 Å². The molecule has 2 heterocycles. The second-order valence-electron chi connectivity index (χ2n) is 3.56. The molecule has 1 N–H and O–H groups in total. The summed E-state index contributed by atoms with van der Waals surface area (Å²) in [6.45, 7) is 0. The number of H-pyrrole nitrogens is 1. The standard InChI is InChI=1S/C12H11N3O2/c1-17-12(16)9-4-6-14-10-7-8(3-2-5-13)15-11(9)10/h4,6-7,15H,2-3H2,1H3. The number of rotatable bonds is 3. The number of pyridine rings is 1. The third-order valence-electron chi connectivity index (χ3n) is 2.49. The summed E-state index contributed by atoms with van der Waals surface area (Å²) in [5.74, 6) is -0.397. The fourth-order valence-corrected chi connectivity index (χ4v) is 1.69. The van der Waals surface area contributed by atoms with Gasteiger partial charge >= 0.3 is 5.97 Å². The monoisotopic (exact) mass is 229 g/mol. The van der Waals surface area contributed by atoms with Crippen molar-refractivity contribution in [2.24, 2.45) is 0 Å². The summed E-state index contributed by atoms with van der Waals surface area (Å²) in [4.78, 5) is 18.8. The number of carbonyl (C=O) groups is 1. The number of fused-ring (bicyclic) bond motifs is 1. The number of methoxy groups -OCH3 is 1. The van der Waals surface area contributed by atoms with Gasteiger partial charge in [-0.25, -0.2) is 4.79 Å². The number of ether oxygens (including phenoxy) is 1. The number of nitrogens with zero attached hydrogens (tertiary/aromatic N) is 2. The number of aromatic nitrogens is 2. The molecular formula is C12H11N3O2. The number of nitrogens with one attached hydrogen (secondary N) is 1. The van der Waals surface area contributed by atoms with Gasteiger partial charge in [-0.2, -0.15) is 5.26 Å². The topological polar surface area (TPSA) is 78.8 Å². The Balaban J connectivity index is 2.46. The first-order valence-electron chi connectivity index (χ1n) is 5.18. The van der Waals surface area contributed by atoms with Crippen LogP contribution in [0.5, 0.6) is 0 Å². The minimum absolute atomic E-state index is 0.397. The quantitative estimate of drug-likeness (QED) is 0.814. The number of esters is 1. The Hall–Kier alpha value is -2.35. The smallest absolute Gasteiger partial charge is 0.340 e. The van der Waals surface area contributed by atoms with E-state index in [0.717, 1.165) is 5.69 Å². The van der Waals surface area contributed by atoms with Crippen molar-refractivity contribution in [1.82, 2.24) is 9.97 Å². The van der Waals surface area contributed by atoms with Crippen molar-refractivity contribution in [2.45, 2.75) is 12.8 Å². The zero-order chi connectivity index (χ0) is 12.3. The minimum atomic E-state index is -0.397. The van der Waals surface area contributed by atoms with Gasteiger partial charge in [-0.05, 0) is 12.1 Å². The molecule has 0 aliphatic heterocycles. The summed E-state index contributed by atoms with van der Waals surface area (Å²) in [5.41, 5.74) is 2.72. The molecule has 2 aromatic heterocycles. The lowest BCUT2D eigenvalue weighted by Crippen LogP contribution is -2.02. The number of aromatic amines is 1. The lowest BCUT2D eigenvalue weighted by atomic mass is 10.2. The average molecular weight is 229 g/mol. The maximum absolute atomic E-state index is 11.5. The number of hydrogen-bond acceptors (Lipinski definition) is 4. The van der Waals surface area contributed by atoms with Crippen LogP contribution in [0.15, 0.2) is 18.3 Å². The molecule has 0 unspecified atom stereocenters. The molecule has 0 aliphatic rings. The third kappa shape index (κ3) is 2.11. The summed E-state index contributed by atoms with van der Waals surface area (Å²) >= 11 is 0. The first kappa shape index (κ1) is 11.1. The van der Waals surface area contributed by atoms with Gasteiger partial charge in [-0.3, -0.25) is 4.98 Å². The molecule has 0 aliphatic carbocycles. The number of carbonyl (C=O) groups excluding carboxylic acids is 1. The Morgan fingerprint density at radius 2 is 2.47 bits per heavy atom. The van der Waals surface area contributed by atoms with Gasteiger partial charge < -0.3 is 9.72 Å². The van der Waals surface area contributed by atoms with E-state index in [1.165, 1.54) is 7.11 Å². The highest BCUT2D eigenvalue weighted by molar-refractivity contribution is 6.01. The van der Waals surface area contributed by atoms with Gasteiger partial charge in [0.2, 0.25) is 0 Å². The van der Waals surface area contributed by atoms with Crippen molar-refractivity contribution >= 4 is 17.0 Å². The fourth-order valence-electron chi connectivity index (χ4n) is 1.69. The van der Waals surface area contributed by atoms with Crippen LogP contribution in [0.1, 0.15) is 22.5 Å². The Labute approximate surface area is 98.0 Å². The summed E-state index contributed by atoms with van der Waals surface area (Å²) in [5, 5.41) is 8.53. The second kappa shape index (κ2) is 4.66. The van der Waals surface area contributed by atoms with E-state index in [1.807, 2.05) is 6.07 Å². The van der Waals surface area contributed by atoms with E-state index in [4.69, 9.17) is 10.00 Å². The van der Waals surface area contributed by atoms with Crippen molar-refractivity contribution in [3.63, 3.8) is 0 Å². The molecule has 5 heteroatoms. The van der Waals surface area contributed by atoms with Gasteiger partial charge in [-0.15, -0.1) is 0 Å². The first-order chi connectivity index (χ1) is 8.26. The molecule has 5 nitrogen and oxygen atoms in total. The molecule has 0 saturated carbocycles. The highest BCUT2D eigenvalue weighted by Gasteiger charge is 2.12. The predicted molar refractivity (Wildman–Crippen MR) is 61.4 cm³/mol. The summed E-state index contributed by atoms with van der Waals surface area (Å²) in [6.07, 6.45) is 2.62. The van der Waals surface area contributed by atoms with Crippen LogP contribution in [-0.2, 0) is 11.2 Å². The van der Waals surface area contributed by atoms with E-state index >= 15 is 0 Å². The SMILES string of the molecule is COC(=O)c1ccnc2cc(CCC#N)[nH]c12. The Morgan fingerprint density at radius 3 is 3.18 bits per heavy atom. The number of aryl methyl sites for hydroxylation is 1. The molecule has 0 spiro atoms. The fraction of sp³-hybridized carbons (Fsp3) is 0.250. The van der Waals surface area contributed by atoms with Crippen LogP contribution < -0.4 is 0 Å². The number of hydrogen-bond donors (Lipinski definition) is 1. The van der Waals surface area contributed by atoms with Crippen LogP contribution in [0.4, 0.5) is 0 Å². The van der Waals surface area contributed by atoms with Crippen LogP contribution in [0.2, 0.25) is 0 Å². The molecule has 86 valence electrons. The molecule has 0 saturated heterocycles. The Bertz CT molecular complexity index is 595. The molecule has 0 bridgehead atoms. The summed E-state index contributed by atoms with van der Waals surface area (Å²) < 4.78 is 4.70. The van der Waals surface area contributed by atoms with Crippen molar-refractivity contribution < 1.29 is 9.53 Å². The van der Waals surface area contributed by atoms with E-state index in [2.05, 4.69) is 16.0 Å². The van der Waals surface area contributed by atoms with Crippen molar-refractivity contribution in [3.8, 4) is 6.07 Å². The largest absolute Gasteiger partial charge is 0.465 e. The molecule has 2 rings (SSSR count). The van der Waals surface area contributed by atoms with E-state index in [1.54, 1.807) is 12.3 Å². The highest BCUT2D eigenvalue weighted by atomic mass is 16.5. The van der Waals surface area contributed by atoms with Crippen LogP contribution in [0.25, 0.3) is 11.0 Å². The summed E-state index contributed by atoms with van der Waals surface area (Å²) in [7, 11) is 1.34. The van der Waals surface area contributed by atoms with Crippen LogP contribution in [-0.4, -0.2) is 23.0 Å². The first-order valence-corrected chi connectivity index (χ1v) is 5.18. The Morgan fingerprint density at radius 1 is 1.65 bits per heavy atom. The molecule has 0 amide bonds. The van der Waals surface area contributed by atoms with Gasteiger partial charge in [0.25, 0.3) is 0 Å². The van der Waals surface area contributed by atoms with Crippen molar-refractivity contribution in [1.29, 1.82) is 5.26 Å². The van der Waals surface area contributed by atoms with Gasteiger partial charge in [0.15, 0.2) is 0 Å². The van der Waals surface area contributed by atoms with E-state index < -0.39 is 5.97 Å². The zero-order valence-corrected chi connectivity index (χ0v) is 9.36. The molecule has 2 aromatic rings. The van der Waals surface area contributed by atoms with Gasteiger partial charge in [0, 0.05) is 24.7 Å². The predicted octanol–water partition coefficient (Wildman–Crippen LogP) is 1.81. The summed E-state index contributed by atoms with van der Waals surface area (Å²) in [6, 6.07) is 5.53. The zero-order valence-electron chi connectivity index (χ0n) is 9.36. The van der Waals surface area contributed by atoms with Gasteiger partial charge in [-0.1, -0.05) is 0 Å². The maximum atomic E-state index is 11.5. The lowest BCUT2D eigenvalue weighted by Gasteiger charge is -1.99. The van der Waals surface area contributed by atoms with Gasteiger partial charge in [0.1, 0.15) is 0 Å². The molecule has 0 fully saturated rings. The molecule has 0 aromatic carbocycles. The lowest BCUT2D eigenvalue weighted by molar-refractivity contribution is 0.0602. The molecule has 0 atom stereocenters. The molecule has 17 heavy (non-hydrogen) atoms. The average Bonchev–Trinajstić information content (AvgIpc) is 2.77. The van der Waals surface area contributed by atoms with Crippen molar-refractivity contribution in [2.75, 3.05) is 7.11 Å². The highest BCUT2D eigenvalue weighted by Crippen LogP contribution is 2.18. The van der Waals surface area contributed by atoms with E-state index in [-0.39, 0.29) is 0 Å². The van der Waals surface area contributed by atoms with Gasteiger partial charge in [0.05, 0.1) is 29.8 Å². The minimum Gasteiger partial charge on any atom is -0.465 e. The Kier molecular flexibility index (Phi) is 3.06. The van der Waals surface area contributed by atoms with Crippen LogP contribution in [0, 0.1) is 11.3 Å². The van der Waals surface area contributed by atoms with Crippen LogP contribution in [0.3, 0.4) is 0 Å². The third-order valence-corrected chi connectivity index (χ3v) is 2.49. The number of nitriles is 1. The van der Waals surface area contributed by atoms with Crippen LogP contribution >= 0.6 is 0 Å².